The van der Waals surface area contributed by atoms with Crippen LogP contribution in [0.1, 0.15) is 39.2 Å². The van der Waals surface area contributed by atoms with Gasteiger partial charge < -0.3 is 9.64 Å². The molecule has 1 heterocycles. The number of rotatable bonds is 3. The molecule has 132 valence electrons. The summed E-state index contributed by atoms with van der Waals surface area (Å²) < 4.78 is 5.41. The van der Waals surface area contributed by atoms with Gasteiger partial charge in [-0.25, -0.2) is 4.79 Å². The van der Waals surface area contributed by atoms with Gasteiger partial charge in [0, 0.05) is 25.2 Å². The molecule has 1 aromatic rings. The van der Waals surface area contributed by atoms with Crippen molar-refractivity contribution in [3.63, 3.8) is 0 Å². The zero-order valence-electron chi connectivity index (χ0n) is 14.7. The summed E-state index contributed by atoms with van der Waals surface area (Å²) in [5, 5.41) is 0.666. The summed E-state index contributed by atoms with van der Waals surface area (Å²) >= 11 is 5.88. The van der Waals surface area contributed by atoms with Gasteiger partial charge in [-0.15, -0.1) is 0 Å². The maximum atomic E-state index is 12.7. The summed E-state index contributed by atoms with van der Waals surface area (Å²) in [6.45, 7) is 6.51. The van der Waals surface area contributed by atoms with Crippen molar-refractivity contribution < 1.29 is 14.3 Å². The molecular weight excluding hydrogens is 328 g/mol. The van der Waals surface area contributed by atoms with Crippen LogP contribution in [0.5, 0.6) is 0 Å². The van der Waals surface area contributed by atoms with Crippen LogP contribution in [0, 0.1) is 0 Å². The molecule has 1 aliphatic rings. The molecule has 0 aliphatic carbocycles. The largest absolute Gasteiger partial charge is 0.444 e. The first-order valence-electron chi connectivity index (χ1n) is 8.16. The summed E-state index contributed by atoms with van der Waals surface area (Å²) in [5.41, 5.74) is 0.430. The van der Waals surface area contributed by atoms with Gasteiger partial charge in [-0.05, 0) is 51.3 Å². The minimum Gasteiger partial charge on any atom is -0.444 e. The van der Waals surface area contributed by atoms with Crippen LogP contribution in [0.3, 0.4) is 0 Å². The first-order valence-corrected chi connectivity index (χ1v) is 8.54. The van der Waals surface area contributed by atoms with Gasteiger partial charge in [0.2, 0.25) is 5.91 Å². The van der Waals surface area contributed by atoms with Crippen molar-refractivity contribution in [2.75, 3.05) is 13.6 Å². The molecule has 0 N–H and O–H groups in total. The minimum atomic E-state index is -0.567. The minimum absolute atomic E-state index is 0.0618. The Kier molecular flexibility index (Phi) is 5.75. The fraction of sp³-hybridized carbons (Fsp3) is 0.556. The molecule has 1 aliphatic heterocycles. The molecule has 2 rings (SSSR count). The molecule has 1 fully saturated rings. The Morgan fingerprint density at radius 1 is 1.29 bits per heavy atom. The Balaban J connectivity index is 2.01. The Morgan fingerprint density at radius 2 is 1.92 bits per heavy atom. The number of likely N-dealkylation sites (tertiary alicyclic amines) is 1. The third-order valence-corrected chi connectivity index (χ3v) is 4.13. The number of amides is 2. The summed E-state index contributed by atoms with van der Waals surface area (Å²) in [7, 11) is 1.75. The van der Waals surface area contributed by atoms with E-state index >= 15 is 0 Å². The maximum absolute atomic E-state index is 12.7. The molecule has 0 saturated carbocycles. The fourth-order valence-electron chi connectivity index (χ4n) is 2.76. The van der Waals surface area contributed by atoms with Gasteiger partial charge >= 0.3 is 6.09 Å². The number of nitrogens with zero attached hydrogens (tertiary/aromatic N) is 2. The molecule has 0 bridgehead atoms. The van der Waals surface area contributed by atoms with Crippen LogP contribution in [-0.2, 0) is 16.1 Å². The van der Waals surface area contributed by atoms with Crippen molar-refractivity contribution in [3.8, 4) is 0 Å². The quantitative estimate of drug-likeness (QED) is 0.833. The van der Waals surface area contributed by atoms with Gasteiger partial charge in [0.05, 0.1) is 0 Å². The summed E-state index contributed by atoms with van der Waals surface area (Å²) in [6.07, 6.45) is 1.06. The number of likely N-dealkylation sites (N-methyl/N-ethyl adjacent to an activating group) is 1. The van der Waals surface area contributed by atoms with E-state index in [1.54, 1.807) is 29.0 Å². The van der Waals surface area contributed by atoms with E-state index in [2.05, 4.69) is 0 Å². The average molecular weight is 353 g/mol. The van der Waals surface area contributed by atoms with Crippen molar-refractivity contribution in [1.82, 2.24) is 9.80 Å². The zero-order valence-corrected chi connectivity index (χ0v) is 15.5. The number of ether oxygens (including phenoxy) is 1. The number of benzene rings is 1. The van der Waals surface area contributed by atoms with Gasteiger partial charge in [-0.2, -0.15) is 0 Å². The smallest absolute Gasteiger partial charge is 0.410 e. The number of hydrogen-bond donors (Lipinski definition) is 0. The Labute approximate surface area is 148 Å². The molecule has 1 aromatic carbocycles. The number of carbonyl (C=O) groups is 2. The highest BCUT2D eigenvalue weighted by Gasteiger charge is 2.37. The van der Waals surface area contributed by atoms with E-state index < -0.39 is 17.7 Å². The molecule has 24 heavy (non-hydrogen) atoms. The van der Waals surface area contributed by atoms with Gasteiger partial charge in [0.1, 0.15) is 11.6 Å². The number of carbonyl (C=O) groups excluding carboxylic acids is 2. The topological polar surface area (TPSA) is 49.9 Å². The second-order valence-corrected chi connectivity index (χ2v) is 7.59. The van der Waals surface area contributed by atoms with Crippen molar-refractivity contribution >= 4 is 23.6 Å². The lowest BCUT2D eigenvalue weighted by atomic mass is 10.1. The highest BCUT2D eigenvalue weighted by atomic mass is 35.5. The molecule has 6 heteroatoms. The van der Waals surface area contributed by atoms with Crippen molar-refractivity contribution in [2.45, 2.75) is 51.8 Å². The summed E-state index contributed by atoms with van der Waals surface area (Å²) in [5.74, 6) is -0.0618. The lowest BCUT2D eigenvalue weighted by molar-refractivity contribution is -0.135. The second-order valence-electron chi connectivity index (χ2n) is 7.15. The Bertz CT molecular complexity index is 595. The summed E-state index contributed by atoms with van der Waals surface area (Å²) in [4.78, 5) is 28.3. The van der Waals surface area contributed by atoms with Crippen molar-refractivity contribution in [3.05, 3.63) is 34.9 Å². The predicted octanol–water partition coefficient (Wildman–Crippen LogP) is 3.70. The maximum Gasteiger partial charge on any atom is 0.410 e. The third-order valence-electron chi connectivity index (χ3n) is 3.88. The zero-order chi connectivity index (χ0) is 17.9. The van der Waals surface area contributed by atoms with Crippen LogP contribution in [0.4, 0.5) is 4.79 Å². The number of hydrogen-bond acceptors (Lipinski definition) is 3. The molecule has 1 atom stereocenters. The molecule has 1 saturated heterocycles. The fourth-order valence-corrected chi connectivity index (χ4v) is 2.88. The Hall–Kier alpha value is -1.75. The van der Waals surface area contributed by atoms with E-state index in [1.807, 2.05) is 32.9 Å². The lowest BCUT2D eigenvalue weighted by Gasteiger charge is -2.30. The third kappa shape index (κ3) is 4.87. The molecule has 0 radical (unpaired) electrons. The lowest BCUT2D eigenvalue weighted by Crippen LogP contribution is -2.47. The van der Waals surface area contributed by atoms with Crippen LogP contribution >= 0.6 is 11.6 Å². The normalized spacial score (nSPS) is 17.7. The molecule has 0 aromatic heterocycles. The second kappa shape index (κ2) is 7.43. The first kappa shape index (κ1) is 18.6. The van der Waals surface area contributed by atoms with E-state index in [0.29, 0.717) is 24.5 Å². The predicted molar refractivity (Wildman–Crippen MR) is 93.9 cm³/mol. The standard InChI is InChI=1S/C18H25ClN2O3/c1-18(2,3)24-17(23)21-11-5-6-15(21)16(22)20(4)12-13-7-9-14(19)10-8-13/h7-10,15H,5-6,11-12H2,1-4H3/t15-/m0/s1. The van der Waals surface area contributed by atoms with Crippen LogP contribution in [0.2, 0.25) is 5.02 Å². The molecule has 0 spiro atoms. The van der Waals surface area contributed by atoms with Crippen LogP contribution < -0.4 is 0 Å². The van der Waals surface area contributed by atoms with E-state index in [9.17, 15) is 9.59 Å². The summed E-state index contributed by atoms with van der Waals surface area (Å²) in [6, 6.07) is 6.95. The van der Waals surface area contributed by atoms with E-state index in [1.165, 1.54) is 0 Å². The SMILES string of the molecule is CN(Cc1ccc(Cl)cc1)C(=O)[C@@H]1CCCN1C(=O)OC(C)(C)C. The van der Waals surface area contributed by atoms with Gasteiger partial charge in [0.25, 0.3) is 0 Å². The van der Waals surface area contributed by atoms with Gasteiger partial charge in [0.15, 0.2) is 0 Å². The van der Waals surface area contributed by atoms with Gasteiger partial charge in [-0.3, -0.25) is 9.69 Å². The van der Waals surface area contributed by atoms with Crippen LogP contribution in [0.15, 0.2) is 24.3 Å². The average Bonchev–Trinajstić information content (AvgIpc) is 2.96. The van der Waals surface area contributed by atoms with Crippen LogP contribution in [-0.4, -0.2) is 47.0 Å². The van der Waals surface area contributed by atoms with E-state index in [0.717, 1.165) is 12.0 Å². The highest BCUT2D eigenvalue weighted by molar-refractivity contribution is 6.30. The number of halogens is 1. The molecule has 5 nitrogen and oxygen atoms in total. The molecular formula is C18H25ClN2O3. The molecule has 0 unspecified atom stereocenters. The first-order chi connectivity index (χ1) is 11.2. The highest BCUT2D eigenvalue weighted by Crippen LogP contribution is 2.23. The van der Waals surface area contributed by atoms with Crippen LogP contribution in [0.25, 0.3) is 0 Å². The van der Waals surface area contributed by atoms with E-state index in [4.69, 9.17) is 16.3 Å². The van der Waals surface area contributed by atoms with Crippen molar-refractivity contribution in [1.29, 1.82) is 0 Å². The Morgan fingerprint density at radius 3 is 2.50 bits per heavy atom. The van der Waals surface area contributed by atoms with Crippen molar-refractivity contribution in [2.24, 2.45) is 0 Å². The molecule has 2 amide bonds. The van der Waals surface area contributed by atoms with Gasteiger partial charge in [-0.1, -0.05) is 23.7 Å². The van der Waals surface area contributed by atoms with E-state index in [-0.39, 0.29) is 5.91 Å². The monoisotopic (exact) mass is 352 g/mol.